The molecular weight excluding hydrogens is 200 g/mol. The highest BCUT2D eigenvalue weighted by molar-refractivity contribution is 5.84. The van der Waals surface area contributed by atoms with Crippen LogP contribution in [0.4, 0.5) is 0 Å². The van der Waals surface area contributed by atoms with Crippen LogP contribution in [0.3, 0.4) is 0 Å². The first kappa shape index (κ1) is 11.1. The average Bonchev–Trinajstić information content (AvgIpc) is 2.35. The first-order chi connectivity index (χ1) is 7.83. The van der Waals surface area contributed by atoms with E-state index < -0.39 is 0 Å². The molecule has 3 N–H and O–H groups in total. The fourth-order valence-electron chi connectivity index (χ4n) is 2.34. The fraction of sp³-hybridized carbons (Fsp3) is 0.462. The number of carbonyl (C=O) groups excluding carboxylic acids is 1. The normalized spacial score (nSPS) is 18.9. The molecular formula is C13H18N2O. The zero-order valence-corrected chi connectivity index (χ0v) is 9.41. The summed E-state index contributed by atoms with van der Waals surface area (Å²) < 4.78 is 0. The standard InChI is InChI=1S/C13H18N2O/c14-8-9-15-13(16)12-7-3-5-10-4-1-2-6-11(10)12/h1-2,4,6,12H,3,5,7-9,14H2,(H,15,16)/t12-/m1/s1. The molecule has 2 rings (SSSR count). The van der Waals surface area contributed by atoms with E-state index in [2.05, 4.69) is 17.4 Å². The minimum atomic E-state index is 0.0245. The van der Waals surface area contributed by atoms with Crippen LogP contribution in [0.1, 0.15) is 29.9 Å². The van der Waals surface area contributed by atoms with E-state index >= 15 is 0 Å². The van der Waals surface area contributed by atoms with Crippen LogP contribution in [-0.2, 0) is 11.2 Å². The molecule has 16 heavy (non-hydrogen) atoms. The van der Waals surface area contributed by atoms with Gasteiger partial charge in [0.25, 0.3) is 0 Å². The minimum absolute atomic E-state index is 0.0245. The molecule has 0 unspecified atom stereocenters. The van der Waals surface area contributed by atoms with Gasteiger partial charge in [-0.1, -0.05) is 24.3 Å². The van der Waals surface area contributed by atoms with Crippen LogP contribution in [0.15, 0.2) is 24.3 Å². The largest absolute Gasteiger partial charge is 0.354 e. The SMILES string of the molecule is NCCNC(=O)[C@@H]1CCCc2ccccc21. The van der Waals surface area contributed by atoms with Crippen LogP contribution in [0.2, 0.25) is 0 Å². The number of hydrogen-bond donors (Lipinski definition) is 2. The zero-order chi connectivity index (χ0) is 11.4. The molecule has 3 nitrogen and oxygen atoms in total. The molecule has 0 saturated heterocycles. The number of fused-ring (bicyclic) bond motifs is 1. The van der Waals surface area contributed by atoms with Crippen molar-refractivity contribution in [2.45, 2.75) is 25.2 Å². The maximum absolute atomic E-state index is 12.0. The van der Waals surface area contributed by atoms with Crippen molar-refractivity contribution in [1.82, 2.24) is 5.32 Å². The van der Waals surface area contributed by atoms with Crippen molar-refractivity contribution in [3.8, 4) is 0 Å². The molecule has 0 heterocycles. The van der Waals surface area contributed by atoms with Crippen LogP contribution in [0.25, 0.3) is 0 Å². The number of amides is 1. The third-order valence-electron chi connectivity index (χ3n) is 3.13. The summed E-state index contributed by atoms with van der Waals surface area (Å²) in [6, 6.07) is 8.24. The Bertz CT molecular complexity index is 376. The van der Waals surface area contributed by atoms with Gasteiger partial charge in [0, 0.05) is 13.1 Å². The number of nitrogens with two attached hydrogens (primary N) is 1. The molecule has 0 bridgehead atoms. The van der Waals surface area contributed by atoms with E-state index in [9.17, 15) is 4.79 Å². The summed E-state index contributed by atoms with van der Waals surface area (Å²) in [7, 11) is 0. The Morgan fingerprint density at radius 2 is 2.25 bits per heavy atom. The molecule has 1 amide bonds. The number of carbonyl (C=O) groups is 1. The molecule has 0 aromatic heterocycles. The van der Waals surface area contributed by atoms with Gasteiger partial charge in [0.2, 0.25) is 5.91 Å². The number of nitrogens with one attached hydrogen (secondary N) is 1. The third-order valence-corrected chi connectivity index (χ3v) is 3.13. The Hall–Kier alpha value is -1.35. The first-order valence-electron chi connectivity index (χ1n) is 5.88. The molecule has 1 aliphatic carbocycles. The van der Waals surface area contributed by atoms with Gasteiger partial charge in [-0.25, -0.2) is 0 Å². The summed E-state index contributed by atoms with van der Waals surface area (Å²) in [5.41, 5.74) is 7.90. The van der Waals surface area contributed by atoms with Crippen molar-refractivity contribution < 1.29 is 4.79 Å². The molecule has 1 aliphatic rings. The summed E-state index contributed by atoms with van der Waals surface area (Å²) in [5, 5.41) is 2.88. The van der Waals surface area contributed by atoms with E-state index in [1.54, 1.807) is 0 Å². The highest BCUT2D eigenvalue weighted by Crippen LogP contribution is 2.31. The van der Waals surface area contributed by atoms with Crippen LogP contribution < -0.4 is 11.1 Å². The summed E-state index contributed by atoms with van der Waals surface area (Å²) in [6.07, 6.45) is 3.14. The number of benzene rings is 1. The van der Waals surface area contributed by atoms with Gasteiger partial charge in [-0.2, -0.15) is 0 Å². The highest BCUT2D eigenvalue weighted by Gasteiger charge is 2.25. The second-order valence-corrected chi connectivity index (χ2v) is 4.22. The average molecular weight is 218 g/mol. The van der Waals surface area contributed by atoms with E-state index in [4.69, 9.17) is 5.73 Å². The maximum Gasteiger partial charge on any atom is 0.227 e. The number of rotatable bonds is 3. The summed E-state index contributed by atoms with van der Waals surface area (Å²) >= 11 is 0. The predicted molar refractivity (Wildman–Crippen MR) is 64.2 cm³/mol. The zero-order valence-electron chi connectivity index (χ0n) is 9.41. The lowest BCUT2D eigenvalue weighted by Crippen LogP contribution is -2.34. The van der Waals surface area contributed by atoms with Crippen molar-refractivity contribution in [2.75, 3.05) is 13.1 Å². The number of aryl methyl sites for hydroxylation is 1. The van der Waals surface area contributed by atoms with E-state index in [0.29, 0.717) is 13.1 Å². The third kappa shape index (κ3) is 2.25. The molecule has 0 spiro atoms. The Kier molecular flexibility index (Phi) is 3.57. The Morgan fingerprint density at radius 3 is 3.06 bits per heavy atom. The van der Waals surface area contributed by atoms with Gasteiger partial charge in [-0.05, 0) is 30.4 Å². The molecule has 0 radical (unpaired) electrons. The lowest BCUT2D eigenvalue weighted by Gasteiger charge is -2.24. The van der Waals surface area contributed by atoms with Gasteiger partial charge in [0.1, 0.15) is 0 Å². The monoisotopic (exact) mass is 218 g/mol. The summed E-state index contributed by atoms with van der Waals surface area (Å²) in [5.74, 6) is 0.147. The Balaban J connectivity index is 2.15. The van der Waals surface area contributed by atoms with Crippen molar-refractivity contribution in [2.24, 2.45) is 5.73 Å². The number of hydrogen-bond acceptors (Lipinski definition) is 2. The van der Waals surface area contributed by atoms with Gasteiger partial charge >= 0.3 is 0 Å². The van der Waals surface area contributed by atoms with Crippen molar-refractivity contribution in [3.63, 3.8) is 0 Å². The van der Waals surface area contributed by atoms with Crippen molar-refractivity contribution in [3.05, 3.63) is 35.4 Å². The van der Waals surface area contributed by atoms with Crippen molar-refractivity contribution >= 4 is 5.91 Å². The van der Waals surface area contributed by atoms with E-state index in [1.165, 1.54) is 11.1 Å². The molecule has 86 valence electrons. The second kappa shape index (κ2) is 5.12. The van der Waals surface area contributed by atoms with Gasteiger partial charge in [-0.15, -0.1) is 0 Å². The van der Waals surface area contributed by atoms with E-state index in [0.717, 1.165) is 19.3 Å². The van der Waals surface area contributed by atoms with Gasteiger partial charge in [0.15, 0.2) is 0 Å². The van der Waals surface area contributed by atoms with E-state index in [-0.39, 0.29) is 11.8 Å². The Morgan fingerprint density at radius 1 is 1.44 bits per heavy atom. The Labute approximate surface area is 96.0 Å². The highest BCUT2D eigenvalue weighted by atomic mass is 16.1. The fourth-order valence-corrected chi connectivity index (χ4v) is 2.34. The van der Waals surface area contributed by atoms with Crippen LogP contribution >= 0.6 is 0 Å². The quantitative estimate of drug-likeness (QED) is 0.800. The van der Waals surface area contributed by atoms with Gasteiger partial charge in [-0.3, -0.25) is 4.79 Å². The van der Waals surface area contributed by atoms with Crippen LogP contribution in [-0.4, -0.2) is 19.0 Å². The van der Waals surface area contributed by atoms with Gasteiger partial charge in [0.05, 0.1) is 5.92 Å². The molecule has 1 aromatic carbocycles. The predicted octanol–water partition coefficient (Wildman–Crippen LogP) is 1.18. The molecule has 1 atom stereocenters. The molecule has 1 aromatic rings. The van der Waals surface area contributed by atoms with Crippen LogP contribution in [0, 0.1) is 0 Å². The second-order valence-electron chi connectivity index (χ2n) is 4.22. The maximum atomic E-state index is 12.0. The van der Waals surface area contributed by atoms with Crippen molar-refractivity contribution in [1.29, 1.82) is 0 Å². The minimum Gasteiger partial charge on any atom is -0.354 e. The molecule has 3 heteroatoms. The molecule has 0 aliphatic heterocycles. The lowest BCUT2D eigenvalue weighted by atomic mass is 9.82. The topological polar surface area (TPSA) is 55.1 Å². The molecule has 0 saturated carbocycles. The summed E-state index contributed by atoms with van der Waals surface area (Å²) in [6.45, 7) is 1.07. The first-order valence-corrected chi connectivity index (χ1v) is 5.88. The summed E-state index contributed by atoms with van der Waals surface area (Å²) in [4.78, 5) is 12.0. The van der Waals surface area contributed by atoms with E-state index in [1.807, 2.05) is 12.1 Å². The van der Waals surface area contributed by atoms with Gasteiger partial charge < -0.3 is 11.1 Å². The van der Waals surface area contributed by atoms with Crippen LogP contribution in [0.5, 0.6) is 0 Å². The molecule has 0 fully saturated rings. The smallest absolute Gasteiger partial charge is 0.227 e. The lowest BCUT2D eigenvalue weighted by molar-refractivity contribution is -0.122.